The van der Waals surface area contributed by atoms with E-state index >= 15 is 0 Å². The van der Waals surface area contributed by atoms with Crippen LogP contribution in [-0.2, 0) is 14.3 Å². The van der Waals surface area contributed by atoms with Crippen LogP contribution in [0.1, 0.15) is 32.3 Å². The van der Waals surface area contributed by atoms with Crippen LogP contribution in [-0.4, -0.2) is 30.9 Å². The molecule has 1 aliphatic heterocycles. The van der Waals surface area contributed by atoms with Crippen LogP contribution in [0, 0.1) is 33.5 Å². The molecule has 3 atom stereocenters. The number of carbonyl (C=O) groups excluding carboxylic acids is 1. The molecule has 0 radical (unpaired) electrons. The molecule has 1 fully saturated rings. The van der Waals surface area contributed by atoms with Gasteiger partial charge in [-0.05, 0) is 31.5 Å². The molecule has 1 amide bonds. The van der Waals surface area contributed by atoms with Crippen molar-refractivity contribution >= 4 is 17.4 Å². The summed E-state index contributed by atoms with van der Waals surface area (Å²) in [5, 5.41) is 22.8. The second kappa shape index (κ2) is 6.34. The minimum Gasteiger partial charge on any atom is -0.386 e. The smallest absolute Gasteiger partial charge is 0.293 e. The largest absolute Gasteiger partial charge is 0.386 e. The Morgan fingerprint density at radius 2 is 1.81 bits per heavy atom. The standard InChI is InChI=1S/C19H21N5O3/c1-4-26-19(27-5-2)18(11-21)15(17(18,10-20)16(22)24-19)13-6-8-14(9-7-13)23-12(3)25/h6-9,15H,4-5H2,1-3H3,(H2,22,24)(H,23,25)/t15-,17+,18+/m0/s1. The van der Waals surface area contributed by atoms with Gasteiger partial charge in [0.05, 0.1) is 12.1 Å². The molecule has 0 bridgehead atoms. The number of rotatable bonds is 6. The molecule has 0 aromatic heterocycles. The summed E-state index contributed by atoms with van der Waals surface area (Å²) in [6.07, 6.45) is 0. The van der Waals surface area contributed by atoms with Crippen molar-refractivity contribution in [2.75, 3.05) is 18.5 Å². The summed E-state index contributed by atoms with van der Waals surface area (Å²) < 4.78 is 11.6. The van der Waals surface area contributed by atoms with Gasteiger partial charge in [0.15, 0.2) is 5.41 Å². The van der Waals surface area contributed by atoms with Gasteiger partial charge in [0.25, 0.3) is 5.91 Å². The van der Waals surface area contributed by atoms with Crippen LogP contribution in [0.2, 0.25) is 0 Å². The van der Waals surface area contributed by atoms with Crippen molar-refractivity contribution in [3.8, 4) is 12.1 Å². The number of nitrogens with two attached hydrogens (primary N) is 1. The summed E-state index contributed by atoms with van der Waals surface area (Å²) in [5.74, 6) is -2.31. The fourth-order valence-corrected chi connectivity index (χ4v) is 4.21. The average molecular weight is 367 g/mol. The van der Waals surface area contributed by atoms with Crippen LogP contribution >= 0.6 is 0 Å². The number of ether oxygens (including phenoxy) is 2. The Labute approximate surface area is 157 Å². The number of nitrogens with one attached hydrogen (secondary N) is 1. The number of hydrogen-bond donors (Lipinski definition) is 2. The van der Waals surface area contributed by atoms with Crippen LogP contribution in [0.5, 0.6) is 0 Å². The maximum absolute atomic E-state index is 11.2. The summed E-state index contributed by atoms with van der Waals surface area (Å²) in [6, 6.07) is 11.4. The van der Waals surface area contributed by atoms with E-state index in [9.17, 15) is 15.3 Å². The fourth-order valence-electron chi connectivity index (χ4n) is 4.21. The molecule has 1 heterocycles. The summed E-state index contributed by atoms with van der Waals surface area (Å²) in [6.45, 7) is 5.45. The molecule has 0 saturated heterocycles. The molecule has 140 valence electrons. The van der Waals surface area contributed by atoms with Gasteiger partial charge in [-0.15, -0.1) is 0 Å². The van der Waals surface area contributed by atoms with Gasteiger partial charge in [0.1, 0.15) is 11.3 Å². The Balaban J connectivity index is 2.10. The van der Waals surface area contributed by atoms with Gasteiger partial charge in [0.2, 0.25) is 5.91 Å². The van der Waals surface area contributed by atoms with Gasteiger partial charge in [0, 0.05) is 31.7 Å². The molecule has 3 N–H and O–H groups in total. The van der Waals surface area contributed by atoms with E-state index in [2.05, 4.69) is 22.4 Å². The second-order valence-corrected chi connectivity index (χ2v) is 6.52. The number of nitrogens with zero attached hydrogens (tertiary/aromatic N) is 3. The topological polar surface area (TPSA) is 134 Å². The molecule has 2 aliphatic rings. The number of carbonyl (C=O) groups is 1. The number of hydrogen-bond acceptors (Lipinski definition) is 7. The monoisotopic (exact) mass is 367 g/mol. The van der Waals surface area contributed by atoms with Crippen LogP contribution < -0.4 is 11.1 Å². The third kappa shape index (κ3) is 2.21. The van der Waals surface area contributed by atoms with E-state index in [0.717, 1.165) is 5.56 Å². The molecule has 0 spiro atoms. The minimum atomic E-state index is -1.62. The van der Waals surface area contributed by atoms with Crippen LogP contribution in [0.25, 0.3) is 0 Å². The summed E-state index contributed by atoms with van der Waals surface area (Å²) >= 11 is 0. The van der Waals surface area contributed by atoms with Crippen molar-refractivity contribution in [1.82, 2.24) is 0 Å². The predicted octanol–water partition coefficient (Wildman–Crippen LogP) is 1.86. The lowest BCUT2D eigenvalue weighted by molar-refractivity contribution is -0.255. The molecule has 1 aromatic rings. The molecule has 1 aliphatic carbocycles. The number of benzene rings is 1. The second-order valence-electron chi connectivity index (χ2n) is 6.52. The van der Waals surface area contributed by atoms with Gasteiger partial charge >= 0.3 is 0 Å². The molecule has 1 saturated carbocycles. The lowest BCUT2D eigenvalue weighted by Crippen LogP contribution is -2.43. The number of amides is 1. The first-order valence-electron chi connectivity index (χ1n) is 8.72. The highest BCUT2D eigenvalue weighted by Gasteiger charge is 2.93. The SMILES string of the molecule is CCOC1(OCC)N=C(N)[C@@]2(C#N)[C@H](c3ccc(NC(C)=O)cc3)[C@@]12C#N. The first-order chi connectivity index (χ1) is 12.9. The maximum Gasteiger partial charge on any atom is 0.293 e. The third-order valence-corrected chi connectivity index (χ3v) is 5.17. The average Bonchev–Trinajstić information content (AvgIpc) is 3.21. The molecular formula is C19H21N5O3. The van der Waals surface area contributed by atoms with Crippen molar-refractivity contribution in [2.45, 2.75) is 32.6 Å². The summed E-state index contributed by atoms with van der Waals surface area (Å²) in [7, 11) is 0. The summed E-state index contributed by atoms with van der Waals surface area (Å²) in [4.78, 5) is 15.5. The van der Waals surface area contributed by atoms with Gasteiger partial charge in [-0.3, -0.25) is 4.79 Å². The normalized spacial score (nSPS) is 29.8. The number of fused-ring (bicyclic) bond motifs is 1. The van der Waals surface area contributed by atoms with Crippen molar-refractivity contribution in [1.29, 1.82) is 10.5 Å². The number of amidine groups is 1. The van der Waals surface area contributed by atoms with Crippen LogP contribution in [0.3, 0.4) is 0 Å². The predicted molar refractivity (Wildman–Crippen MR) is 97.2 cm³/mol. The van der Waals surface area contributed by atoms with E-state index in [0.29, 0.717) is 5.69 Å². The lowest BCUT2D eigenvalue weighted by atomic mass is 9.93. The van der Waals surface area contributed by atoms with Gasteiger partial charge in [-0.2, -0.15) is 10.5 Å². The Bertz CT molecular complexity index is 876. The number of nitriles is 2. The van der Waals surface area contributed by atoms with Gasteiger partial charge in [-0.1, -0.05) is 12.1 Å². The third-order valence-electron chi connectivity index (χ3n) is 5.17. The molecule has 8 nitrogen and oxygen atoms in total. The number of aliphatic imine (C=N–C) groups is 1. The van der Waals surface area contributed by atoms with E-state index in [4.69, 9.17) is 15.2 Å². The molecule has 27 heavy (non-hydrogen) atoms. The molecular weight excluding hydrogens is 346 g/mol. The van der Waals surface area contributed by atoms with Crippen molar-refractivity contribution in [3.63, 3.8) is 0 Å². The van der Waals surface area contributed by atoms with E-state index in [1.807, 2.05) is 0 Å². The molecule has 8 heteroatoms. The zero-order valence-electron chi connectivity index (χ0n) is 15.4. The highest BCUT2D eigenvalue weighted by Crippen LogP contribution is 2.81. The molecule has 1 aromatic carbocycles. The Morgan fingerprint density at radius 1 is 1.22 bits per heavy atom. The van der Waals surface area contributed by atoms with Gasteiger partial charge < -0.3 is 20.5 Å². The van der Waals surface area contributed by atoms with E-state index in [-0.39, 0.29) is 25.0 Å². The maximum atomic E-state index is 11.2. The fraction of sp³-hybridized carbons (Fsp3) is 0.474. The zero-order valence-corrected chi connectivity index (χ0v) is 15.4. The van der Waals surface area contributed by atoms with Crippen molar-refractivity contribution in [2.24, 2.45) is 21.6 Å². The van der Waals surface area contributed by atoms with Crippen molar-refractivity contribution in [3.05, 3.63) is 29.8 Å². The molecule has 0 unspecified atom stereocenters. The van der Waals surface area contributed by atoms with Crippen molar-refractivity contribution < 1.29 is 14.3 Å². The van der Waals surface area contributed by atoms with E-state index < -0.39 is 22.7 Å². The van der Waals surface area contributed by atoms with E-state index in [1.54, 1.807) is 38.1 Å². The molecule has 3 rings (SSSR count). The van der Waals surface area contributed by atoms with Crippen LogP contribution in [0.4, 0.5) is 5.69 Å². The van der Waals surface area contributed by atoms with Gasteiger partial charge in [-0.25, -0.2) is 4.99 Å². The zero-order chi connectivity index (χ0) is 19.9. The minimum absolute atomic E-state index is 0.0457. The Kier molecular flexibility index (Phi) is 4.43. The van der Waals surface area contributed by atoms with Crippen LogP contribution in [0.15, 0.2) is 29.3 Å². The quantitative estimate of drug-likeness (QED) is 0.737. The lowest BCUT2D eigenvalue weighted by Gasteiger charge is -2.31. The highest BCUT2D eigenvalue weighted by atomic mass is 16.7. The first kappa shape index (κ1) is 18.8. The first-order valence-corrected chi connectivity index (χ1v) is 8.72. The summed E-state index contributed by atoms with van der Waals surface area (Å²) in [5.41, 5.74) is 4.81. The Morgan fingerprint density at radius 3 is 2.26 bits per heavy atom. The van der Waals surface area contributed by atoms with E-state index in [1.165, 1.54) is 6.92 Å². The number of anilines is 1. The Hall–Kier alpha value is -2.94. The highest BCUT2D eigenvalue weighted by molar-refractivity contribution is 6.00.